The summed E-state index contributed by atoms with van der Waals surface area (Å²) in [4.78, 5) is 2.28. The summed E-state index contributed by atoms with van der Waals surface area (Å²) in [7, 11) is 0. The molecule has 0 saturated heterocycles. The molecule has 17 heavy (non-hydrogen) atoms. The van der Waals surface area contributed by atoms with Gasteiger partial charge in [-0.2, -0.15) is 5.10 Å². The fraction of sp³-hybridized carbons (Fsp3) is 0.692. The maximum Gasteiger partial charge on any atom is 0.151 e. The highest BCUT2D eigenvalue weighted by atomic mass is 15.3. The Bertz CT molecular complexity index is 310. The van der Waals surface area contributed by atoms with Crippen LogP contribution >= 0.6 is 0 Å². The van der Waals surface area contributed by atoms with Gasteiger partial charge in [0.25, 0.3) is 0 Å². The number of anilines is 1. The van der Waals surface area contributed by atoms with Crippen LogP contribution in [0.25, 0.3) is 0 Å². The number of aromatic nitrogens is 2. The van der Waals surface area contributed by atoms with Crippen molar-refractivity contribution in [1.82, 2.24) is 15.5 Å². The van der Waals surface area contributed by atoms with Gasteiger partial charge in [0.2, 0.25) is 0 Å². The van der Waals surface area contributed by atoms with Crippen molar-refractivity contribution in [3.63, 3.8) is 0 Å². The second-order valence-electron chi connectivity index (χ2n) is 4.21. The zero-order chi connectivity index (χ0) is 12.7. The summed E-state index contributed by atoms with van der Waals surface area (Å²) in [5.41, 5.74) is 0.996. The topological polar surface area (TPSA) is 41.0 Å². The van der Waals surface area contributed by atoms with Crippen LogP contribution in [0.4, 0.5) is 5.82 Å². The maximum absolute atomic E-state index is 4.31. The molecule has 1 aromatic heterocycles. The van der Waals surface area contributed by atoms with Gasteiger partial charge in [0.05, 0.1) is 5.69 Å². The molecule has 0 aliphatic rings. The molecule has 4 nitrogen and oxygen atoms in total. The van der Waals surface area contributed by atoms with Crippen LogP contribution in [0, 0.1) is 0 Å². The van der Waals surface area contributed by atoms with Gasteiger partial charge in [-0.3, -0.25) is 0 Å². The first kappa shape index (κ1) is 13.9. The number of rotatable bonds is 7. The number of hydrogen-bond acceptors (Lipinski definition) is 4. The van der Waals surface area contributed by atoms with Gasteiger partial charge in [0.1, 0.15) is 0 Å². The standard InChI is InChI=1S/C13H24N4/c1-5-11(4)17(7-3)13-9-8-12(15-16-13)10-14-6-2/h8-9,11,14H,5-7,10H2,1-4H3. The van der Waals surface area contributed by atoms with Crippen LogP contribution in [0.2, 0.25) is 0 Å². The first-order valence-electron chi connectivity index (χ1n) is 6.52. The second kappa shape index (κ2) is 7.22. The van der Waals surface area contributed by atoms with E-state index in [1.807, 2.05) is 0 Å². The van der Waals surface area contributed by atoms with Crippen molar-refractivity contribution in [2.24, 2.45) is 0 Å². The highest BCUT2D eigenvalue weighted by Crippen LogP contribution is 2.14. The van der Waals surface area contributed by atoms with E-state index in [0.29, 0.717) is 6.04 Å². The van der Waals surface area contributed by atoms with E-state index in [-0.39, 0.29) is 0 Å². The summed E-state index contributed by atoms with van der Waals surface area (Å²) in [5.74, 6) is 0.974. The van der Waals surface area contributed by atoms with Crippen molar-refractivity contribution in [2.45, 2.75) is 46.7 Å². The van der Waals surface area contributed by atoms with Gasteiger partial charge in [-0.05, 0) is 38.9 Å². The summed E-state index contributed by atoms with van der Waals surface area (Å²) < 4.78 is 0. The third kappa shape index (κ3) is 3.97. The van der Waals surface area contributed by atoms with Crippen LogP contribution in [0.3, 0.4) is 0 Å². The van der Waals surface area contributed by atoms with Gasteiger partial charge >= 0.3 is 0 Å². The van der Waals surface area contributed by atoms with Crippen LogP contribution in [0.15, 0.2) is 12.1 Å². The Morgan fingerprint density at radius 3 is 2.47 bits per heavy atom. The molecule has 0 fully saturated rings. The first-order valence-corrected chi connectivity index (χ1v) is 6.52. The van der Waals surface area contributed by atoms with Crippen molar-refractivity contribution in [2.75, 3.05) is 18.0 Å². The van der Waals surface area contributed by atoms with E-state index < -0.39 is 0 Å². The fourth-order valence-corrected chi connectivity index (χ4v) is 1.77. The van der Waals surface area contributed by atoms with E-state index in [1.54, 1.807) is 0 Å². The SMILES string of the molecule is CCNCc1ccc(N(CC)C(C)CC)nn1. The zero-order valence-electron chi connectivity index (χ0n) is 11.4. The van der Waals surface area contributed by atoms with E-state index in [0.717, 1.165) is 37.6 Å². The van der Waals surface area contributed by atoms with Crippen LogP contribution in [0.1, 0.15) is 39.8 Å². The minimum atomic E-state index is 0.508. The van der Waals surface area contributed by atoms with Gasteiger partial charge in [-0.25, -0.2) is 0 Å². The highest BCUT2D eigenvalue weighted by Gasteiger charge is 2.12. The van der Waals surface area contributed by atoms with E-state index in [4.69, 9.17) is 0 Å². The van der Waals surface area contributed by atoms with Gasteiger partial charge in [0.15, 0.2) is 5.82 Å². The molecule has 96 valence electrons. The molecule has 0 amide bonds. The Balaban J connectivity index is 2.71. The van der Waals surface area contributed by atoms with E-state index in [2.05, 4.69) is 60.2 Å². The summed E-state index contributed by atoms with van der Waals surface area (Å²) >= 11 is 0. The number of nitrogens with one attached hydrogen (secondary N) is 1. The lowest BCUT2D eigenvalue weighted by atomic mass is 10.2. The summed E-state index contributed by atoms with van der Waals surface area (Å²) in [6.07, 6.45) is 1.12. The average molecular weight is 236 g/mol. The van der Waals surface area contributed by atoms with Crippen LogP contribution in [-0.2, 0) is 6.54 Å². The van der Waals surface area contributed by atoms with E-state index in [9.17, 15) is 0 Å². The summed E-state index contributed by atoms with van der Waals surface area (Å²) in [6, 6.07) is 4.62. The monoisotopic (exact) mass is 236 g/mol. The molecule has 0 spiro atoms. The predicted molar refractivity (Wildman–Crippen MR) is 72.2 cm³/mol. The van der Waals surface area contributed by atoms with Crippen molar-refractivity contribution < 1.29 is 0 Å². The smallest absolute Gasteiger partial charge is 0.151 e. The third-order valence-electron chi connectivity index (χ3n) is 3.02. The molecule has 1 heterocycles. The highest BCUT2D eigenvalue weighted by molar-refractivity contribution is 5.38. The Labute approximate surface area is 104 Å². The van der Waals surface area contributed by atoms with Crippen LogP contribution in [-0.4, -0.2) is 29.3 Å². The quantitative estimate of drug-likeness (QED) is 0.788. The lowest BCUT2D eigenvalue weighted by molar-refractivity contribution is 0.615. The number of nitrogens with zero attached hydrogens (tertiary/aromatic N) is 3. The molecule has 0 aliphatic heterocycles. The summed E-state index contributed by atoms with van der Waals surface area (Å²) in [6.45, 7) is 11.4. The van der Waals surface area contributed by atoms with Crippen molar-refractivity contribution in [3.05, 3.63) is 17.8 Å². The van der Waals surface area contributed by atoms with Gasteiger partial charge in [-0.1, -0.05) is 13.8 Å². The molecule has 0 aromatic carbocycles. The molecule has 0 aliphatic carbocycles. The normalized spacial score (nSPS) is 12.5. The molecule has 1 unspecified atom stereocenters. The Hall–Kier alpha value is -1.16. The molecule has 0 saturated carbocycles. The second-order valence-corrected chi connectivity index (χ2v) is 4.21. The van der Waals surface area contributed by atoms with Gasteiger partial charge < -0.3 is 10.2 Å². The average Bonchev–Trinajstić information content (AvgIpc) is 2.38. The van der Waals surface area contributed by atoms with E-state index in [1.165, 1.54) is 0 Å². The Morgan fingerprint density at radius 2 is 2.00 bits per heavy atom. The predicted octanol–water partition coefficient (Wildman–Crippen LogP) is 2.21. The van der Waals surface area contributed by atoms with Crippen molar-refractivity contribution in [1.29, 1.82) is 0 Å². The van der Waals surface area contributed by atoms with Gasteiger partial charge in [0, 0.05) is 19.1 Å². The molecular formula is C13H24N4. The molecule has 1 atom stereocenters. The lowest BCUT2D eigenvalue weighted by Gasteiger charge is -2.27. The van der Waals surface area contributed by atoms with Crippen LogP contribution in [0.5, 0.6) is 0 Å². The lowest BCUT2D eigenvalue weighted by Crippen LogP contribution is -2.33. The van der Waals surface area contributed by atoms with E-state index >= 15 is 0 Å². The Morgan fingerprint density at radius 1 is 1.24 bits per heavy atom. The molecule has 1 N–H and O–H groups in total. The maximum atomic E-state index is 4.31. The fourth-order valence-electron chi connectivity index (χ4n) is 1.77. The molecule has 0 radical (unpaired) electrons. The first-order chi connectivity index (χ1) is 8.22. The third-order valence-corrected chi connectivity index (χ3v) is 3.02. The summed E-state index contributed by atoms with van der Waals surface area (Å²) in [5, 5.41) is 11.8. The molecule has 1 rings (SSSR count). The zero-order valence-corrected chi connectivity index (χ0v) is 11.4. The molecular weight excluding hydrogens is 212 g/mol. The number of hydrogen-bond donors (Lipinski definition) is 1. The van der Waals surface area contributed by atoms with Gasteiger partial charge in [-0.15, -0.1) is 5.10 Å². The van der Waals surface area contributed by atoms with Crippen molar-refractivity contribution in [3.8, 4) is 0 Å². The van der Waals surface area contributed by atoms with Crippen LogP contribution < -0.4 is 10.2 Å². The molecule has 4 heteroatoms. The van der Waals surface area contributed by atoms with Crippen molar-refractivity contribution >= 4 is 5.82 Å². The minimum absolute atomic E-state index is 0.508. The molecule has 0 bridgehead atoms. The molecule has 1 aromatic rings. The Kier molecular flexibility index (Phi) is 5.91. The minimum Gasteiger partial charge on any atom is -0.353 e. The largest absolute Gasteiger partial charge is 0.353 e.